The van der Waals surface area contributed by atoms with Gasteiger partial charge in [-0.3, -0.25) is 4.79 Å². The summed E-state index contributed by atoms with van der Waals surface area (Å²) in [7, 11) is 0. The summed E-state index contributed by atoms with van der Waals surface area (Å²) in [6.45, 7) is -2.15. The van der Waals surface area contributed by atoms with Crippen LogP contribution in [0.3, 0.4) is 0 Å². The summed E-state index contributed by atoms with van der Waals surface area (Å²) in [6, 6.07) is 5.03. The third kappa shape index (κ3) is 5.28. The molecule has 21 heavy (non-hydrogen) atoms. The van der Waals surface area contributed by atoms with Gasteiger partial charge in [0.1, 0.15) is 5.75 Å². The highest BCUT2D eigenvalue weighted by Gasteiger charge is 2.40. The zero-order valence-corrected chi connectivity index (χ0v) is 10.5. The van der Waals surface area contributed by atoms with Gasteiger partial charge in [0.05, 0.1) is 6.54 Å². The SMILES string of the molecule is O=C(O)COc1cccc(C(=O)NCC(F)(F)C(F)F)c1. The zero-order chi connectivity index (χ0) is 16.0. The van der Waals surface area contributed by atoms with E-state index in [-0.39, 0.29) is 11.3 Å². The maximum Gasteiger partial charge on any atom is 0.341 e. The van der Waals surface area contributed by atoms with Gasteiger partial charge in [-0.05, 0) is 18.2 Å². The van der Waals surface area contributed by atoms with Crippen LogP contribution < -0.4 is 10.1 Å². The highest BCUT2D eigenvalue weighted by molar-refractivity contribution is 5.94. The first-order valence-electron chi connectivity index (χ1n) is 5.61. The van der Waals surface area contributed by atoms with Crippen LogP contribution in [0.15, 0.2) is 24.3 Å². The Bertz CT molecular complexity index is 522. The Hall–Kier alpha value is -2.32. The number of carbonyl (C=O) groups is 2. The van der Waals surface area contributed by atoms with E-state index in [2.05, 4.69) is 0 Å². The molecule has 0 aliphatic carbocycles. The van der Waals surface area contributed by atoms with Crippen molar-refractivity contribution in [1.29, 1.82) is 0 Å². The smallest absolute Gasteiger partial charge is 0.341 e. The number of hydrogen-bond acceptors (Lipinski definition) is 3. The van der Waals surface area contributed by atoms with Gasteiger partial charge >= 0.3 is 18.3 Å². The van der Waals surface area contributed by atoms with E-state index in [0.29, 0.717) is 0 Å². The summed E-state index contributed by atoms with van der Waals surface area (Å²) in [5.74, 6) is -6.53. The van der Waals surface area contributed by atoms with Crippen LogP contribution in [0, 0.1) is 0 Å². The number of ether oxygens (including phenoxy) is 1. The molecule has 2 N–H and O–H groups in total. The lowest BCUT2D eigenvalue weighted by molar-refractivity contribution is -0.139. The standard InChI is InChI=1S/C12H11F4NO4/c13-11(14)12(15,16)6-17-10(20)7-2-1-3-8(4-7)21-5-9(18)19/h1-4,11H,5-6H2,(H,17,20)(H,18,19). The lowest BCUT2D eigenvalue weighted by Crippen LogP contribution is -2.41. The van der Waals surface area contributed by atoms with E-state index in [1.54, 1.807) is 5.32 Å². The number of carboxylic acid groups (broad SMARTS) is 1. The Morgan fingerprint density at radius 1 is 1.33 bits per heavy atom. The van der Waals surface area contributed by atoms with Crippen molar-refractivity contribution in [2.45, 2.75) is 12.3 Å². The van der Waals surface area contributed by atoms with Crippen LogP contribution in [-0.4, -0.2) is 42.5 Å². The Kier molecular flexibility index (Phi) is 5.51. The van der Waals surface area contributed by atoms with E-state index in [0.717, 1.165) is 6.07 Å². The number of rotatable bonds is 7. The van der Waals surface area contributed by atoms with Crippen LogP contribution in [-0.2, 0) is 4.79 Å². The molecule has 0 aromatic heterocycles. The first-order valence-corrected chi connectivity index (χ1v) is 5.61. The van der Waals surface area contributed by atoms with Crippen molar-refractivity contribution in [1.82, 2.24) is 5.32 Å². The molecule has 9 heteroatoms. The van der Waals surface area contributed by atoms with Crippen molar-refractivity contribution >= 4 is 11.9 Å². The topological polar surface area (TPSA) is 75.6 Å². The molecule has 0 radical (unpaired) electrons. The molecular formula is C12H11F4NO4. The third-order valence-corrected chi connectivity index (χ3v) is 2.26. The highest BCUT2D eigenvalue weighted by Crippen LogP contribution is 2.21. The Morgan fingerprint density at radius 3 is 2.57 bits per heavy atom. The van der Waals surface area contributed by atoms with Crippen molar-refractivity contribution in [3.05, 3.63) is 29.8 Å². The molecule has 0 fully saturated rings. The summed E-state index contributed by atoms with van der Waals surface area (Å²) in [5, 5.41) is 10.1. The molecule has 0 aliphatic heterocycles. The van der Waals surface area contributed by atoms with Gasteiger partial charge in [-0.2, -0.15) is 8.78 Å². The van der Waals surface area contributed by atoms with E-state index in [1.165, 1.54) is 18.2 Å². The van der Waals surface area contributed by atoms with Crippen molar-refractivity contribution in [3.8, 4) is 5.75 Å². The first-order chi connectivity index (χ1) is 9.72. The van der Waals surface area contributed by atoms with Crippen molar-refractivity contribution < 1.29 is 37.0 Å². The lowest BCUT2D eigenvalue weighted by atomic mass is 10.2. The maximum atomic E-state index is 12.7. The number of amides is 1. The van der Waals surface area contributed by atoms with Crippen molar-refractivity contribution in [3.63, 3.8) is 0 Å². The van der Waals surface area contributed by atoms with Crippen LogP contribution in [0.25, 0.3) is 0 Å². The predicted molar refractivity (Wildman–Crippen MR) is 62.9 cm³/mol. The fourth-order valence-electron chi connectivity index (χ4n) is 1.25. The molecule has 0 aliphatic rings. The number of halogens is 4. The van der Waals surface area contributed by atoms with Gasteiger partial charge in [-0.1, -0.05) is 6.07 Å². The van der Waals surface area contributed by atoms with E-state index in [9.17, 15) is 27.2 Å². The minimum atomic E-state index is -4.33. The fourth-order valence-corrected chi connectivity index (χ4v) is 1.25. The first kappa shape index (κ1) is 16.7. The molecule has 1 amide bonds. The Labute approximate surface area is 116 Å². The predicted octanol–water partition coefficient (Wildman–Crippen LogP) is 1.78. The molecule has 1 rings (SSSR count). The summed E-state index contributed by atoms with van der Waals surface area (Å²) in [6.07, 6.45) is -3.89. The number of alkyl halides is 4. The summed E-state index contributed by atoms with van der Waals surface area (Å²) in [5.41, 5.74) is -0.122. The second kappa shape index (κ2) is 6.91. The molecule has 1 aromatic rings. The van der Waals surface area contributed by atoms with Gasteiger partial charge in [0.15, 0.2) is 6.61 Å². The van der Waals surface area contributed by atoms with Crippen molar-refractivity contribution in [2.24, 2.45) is 0 Å². The summed E-state index contributed by atoms with van der Waals surface area (Å²) in [4.78, 5) is 21.9. The normalized spacial score (nSPS) is 11.3. The van der Waals surface area contributed by atoms with Crippen LogP contribution in [0.5, 0.6) is 5.75 Å². The zero-order valence-electron chi connectivity index (χ0n) is 10.5. The van der Waals surface area contributed by atoms with Crippen LogP contribution in [0.2, 0.25) is 0 Å². The molecule has 0 bridgehead atoms. The number of aliphatic carboxylic acids is 1. The van der Waals surface area contributed by atoms with Crippen LogP contribution in [0.1, 0.15) is 10.4 Å². The van der Waals surface area contributed by atoms with Gasteiger partial charge in [0.2, 0.25) is 0 Å². The van der Waals surface area contributed by atoms with E-state index < -0.39 is 37.4 Å². The van der Waals surface area contributed by atoms with Crippen LogP contribution >= 0.6 is 0 Å². The van der Waals surface area contributed by atoms with E-state index in [4.69, 9.17) is 9.84 Å². The monoisotopic (exact) mass is 309 g/mol. The Balaban J connectivity index is 2.66. The Morgan fingerprint density at radius 2 is 2.00 bits per heavy atom. The second-order valence-electron chi connectivity index (χ2n) is 3.95. The van der Waals surface area contributed by atoms with Gasteiger partial charge in [-0.15, -0.1) is 0 Å². The molecular weight excluding hydrogens is 298 g/mol. The number of carbonyl (C=O) groups excluding carboxylic acids is 1. The molecule has 116 valence electrons. The van der Waals surface area contributed by atoms with Gasteiger partial charge < -0.3 is 15.2 Å². The van der Waals surface area contributed by atoms with E-state index in [1.807, 2.05) is 0 Å². The van der Waals surface area contributed by atoms with Gasteiger partial charge in [0.25, 0.3) is 5.91 Å². The van der Waals surface area contributed by atoms with Gasteiger partial charge in [0, 0.05) is 5.56 Å². The molecule has 0 spiro atoms. The lowest BCUT2D eigenvalue weighted by Gasteiger charge is -2.15. The quantitative estimate of drug-likeness (QED) is 0.753. The molecule has 0 saturated heterocycles. The molecule has 0 unspecified atom stereocenters. The van der Waals surface area contributed by atoms with E-state index >= 15 is 0 Å². The minimum absolute atomic E-state index is 0.0330. The van der Waals surface area contributed by atoms with Gasteiger partial charge in [-0.25, -0.2) is 13.6 Å². The number of nitrogens with one attached hydrogen (secondary N) is 1. The average molecular weight is 309 g/mol. The minimum Gasteiger partial charge on any atom is -0.482 e. The molecule has 0 heterocycles. The van der Waals surface area contributed by atoms with Crippen molar-refractivity contribution in [2.75, 3.05) is 13.2 Å². The second-order valence-corrected chi connectivity index (χ2v) is 3.95. The molecule has 0 saturated carbocycles. The number of hydrogen-bond donors (Lipinski definition) is 2. The number of benzene rings is 1. The highest BCUT2D eigenvalue weighted by atomic mass is 19.3. The largest absolute Gasteiger partial charge is 0.482 e. The summed E-state index contributed by atoms with van der Waals surface area (Å²) < 4.78 is 54.0. The summed E-state index contributed by atoms with van der Waals surface area (Å²) >= 11 is 0. The molecule has 1 aromatic carbocycles. The maximum absolute atomic E-state index is 12.7. The number of carboxylic acids is 1. The van der Waals surface area contributed by atoms with Crippen LogP contribution in [0.4, 0.5) is 17.6 Å². The molecule has 0 atom stereocenters. The fraction of sp³-hybridized carbons (Fsp3) is 0.333. The third-order valence-electron chi connectivity index (χ3n) is 2.26. The average Bonchev–Trinajstić information content (AvgIpc) is 2.42. The molecule has 5 nitrogen and oxygen atoms in total.